The first-order valence-corrected chi connectivity index (χ1v) is 11.2. The normalized spacial score (nSPS) is 14.8. The van der Waals surface area contributed by atoms with Crippen molar-refractivity contribution in [3.05, 3.63) is 70.4 Å². The molecular formula is C23H21FN2O4S2. The van der Waals surface area contributed by atoms with Gasteiger partial charge in [0.2, 0.25) is 5.91 Å². The van der Waals surface area contributed by atoms with Gasteiger partial charge in [0.05, 0.1) is 10.5 Å². The number of hydrogen-bond donors (Lipinski definition) is 2. The molecule has 1 saturated heterocycles. The average molecular weight is 473 g/mol. The molecule has 0 radical (unpaired) electrons. The summed E-state index contributed by atoms with van der Waals surface area (Å²) in [5.74, 6) is -1.66. The SMILES string of the molecule is O=C(CCCCCN1C(=O)/C(=C/c2ccc(F)cc2)SC1=S)Nc1ccc(C(=O)O)cc1. The summed E-state index contributed by atoms with van der Waals surface area (Å²) < 4.78 is 13.5. The second-order valence-electron chi connectivity index (χ2n) is 7.13. The van der Waals surface area contributed by atoms with Crippen molar-refractivity contribution in [1.29, 1.82) is 0 Å². The van der Waals surface area contributed by atoms with Gasteiger partial charge < -0.3 is 10.4 Å². The molecule has 6 nitrogen and oxygen atoms in total. The van der Waals surface area contributed by atoms with Crippen LogP contribution in [0.2, 0.25) is 0 Å². The summed E-state index contributed by atoms with van der Waals surface area (Å²) in [5, 5.41) is 11.6. The van der Waals surface area contributed by atoms with E-state index in [-0.39, 0.29) is 23.2 Å². The van der Waals surface area contributed by atoms with Crippen molar-refractivity contribution in [2.24, 2.45) is 0 Å². The van der Waals surface area contributed by atoms with Crippen LogP contribution in [0.4, 0.5) is 10.1 Å². The van der Waals surface area contributed by atoms with Crippen molar-refractivity contribution in [2.45, 2.75) is 25.7 Å². The highest BCUT2D eigenvalue weighted by Crippen LogP contribution is 2.32. The van der Waals surface area contributed by atoms with Crippen LogP contribution in [0.5, 0.6) is 0 Å². The molecule has 0 atom stereocenters. The molecule has 0 saturated carbocycles. The number of nitrogens with zero attached hydrogens (tertiary/aromatic N) is 1. The van der Waals surface area contributed by atoms with E-state index in [0.29, 0.717) is 40.7 Å². The maximum Gasteiger partial charge on any atom is 0.335 e. The fourth-order valence-electron chi connectivity index (χ4n) is 3.06. The van der Waals surface area contributed by atoms with Crippen LogP contribution in [-0.4, -0.2) is 38.7 Å². The van der Waals surface area contributed by atoms with Gasteiger partial charge in [-0.15, -0.1) is 0 Å². The number of rotatable bonds is 9. The average Bonchev–Trinajstić information content (AvgIpc) is 3.02. The van der Waals surface area contributed by atoms with Crippen LogP contribution in [0.25, 0.3) is 6.08 Å². The number of amides is 2. The number of nitrogens with one attached hydrogen (secondary N) is 1. The molecule has 0 spiro atoms. The number of unbranched alkanes of at least 4 members (excludes halogenated alkanes) is 2. The van der Waals surface area contributed by atoms with Crippen LogP contribution < -0.4 is 5.32 Å². The Kier molecular flexibility index (Phi) is 8.13. The highest BCUT2D eigenvalue weighted by Gasteiger charge is 2.31. The third-order valence-corrected chi connectivity index (χ3v) is 6.12. The third kappa shape index (κ3) is 6.48. The molecular weight excluding hydrogens is 451 g/mol. The Labute approximate surface area is 194 Å². The summed E-state index contributed by atoms with van der Waals surface area (Å²) in [4.78, 5) is 37.6. The molecule has 1 heterocycles. The summed E-state index contributed by atoms with van der Waals surface area (Å²) in [6.07, 6.45) is 4.13. The molecule has 0 bridgehead atoms. The first-order valence-electron chi connectivity index (χ1n) is 9.97. The lowest BCUT2D eigenvalue weighted by Crippen LogP contribution is -2.29. The van der Waals surface area contributed by atoms with Gasteiger partial charge >= 0.3 is 5.97 Å². The second-order valence-corrected chi connectivity index (χ2v) is 8.80. The molecule has 1 aliphatic rings. The van der Waals surface area contributed by atoms with Crippen molar-refractivity contribution >= 4 is 57.8 Å². The summed E-state index contributed by atoms with van der Waals surface area (Å²) in [6.45, 7) is 0.476. The van der Waals surface area contributed by atoms with Crippen molar-refractivity contribution in [2.75, 3.05) is 11.9 Å². The fourth-order valence-corrected chi connectivity index (χ4v) is 4.36. The van der Waals surface area contributed by atoms with Gasteiger partial charge in [-0.3, -0.25) is 14.5 Å². The number of carbonyl (C=O) groups excluding carboxylic acids is 2. The number of carboxylic acid groups (broad SMARTS) is 1. The highest BCUT2D eigenvalue weighted by molar-refractivity contribution is 8.26. The number of carbonyl (C=O) groups is 3. The molecule has 2 aromatic carbocycles. The van der Waals surface area contributed by atoms with E-state index in [9.17, 15) is 18.8 Å². The molecule has 3 rings (SSSR count). The van der Waals surface area contributed by atoms with Gasteiger partial charge in [0.15, 0.2) is 0 Å². The predicted molar refractivity (Wildman–Crippen MR) is 127 cm³/mol. The van der Waals surface area contributed by atoms with E-state index in [1.165, 1.54) is 36.0 Å². The standard InChI is InChI=1S/C23H21FN2O4S2/c24-17-9-5-15(6-10-17)14-19-21(28)26(23(31)32-19)13-3-1-2-4-20(27)25-18-11-7-16(8-12-18)22(29)30/h5-12,14H,1-4,13H2,(H,25,27)(H,29,30)/b19-14-. The molecule has 0 unspecified atom stereocenters. The highest BCUT2D eigenvalue weighted by atomic mass is 32.2. The Morgan fingerprint density at radius 1 is 1.06 bits per heavy atom. The van der Waals surface area contributed by atoms with Crippen LogP contribution in [0.3, 0.4) is 0 Å². The predicted octanol–water partition coefficient (Wildman–Crippen LogP) is 4.92. The minimum Gasteiger partial charge on any atom is -0.478 e. The summed E-state index contributed by atoms with van der Waals surface area (Å²) >= 11 is 6.54. The van der Waals surface area contributed by atoms with Gasteiger partial charge in [-0.1, -0.05) is 42.5 Å². The lowest BCUT2D eigenvalue weighted by molar-refractivity contribution is -0.122. The van der Waals surface area contributed by atoms with Crippen molar-refractivity contribution in [1.82, 2.24) is 4.90 Å². The number of hydrogen-bond acceptors (Lipinski definition) is 5. The summed E-state index contributed by atoms with van der Waals surface area (Å²) in [7, 11) is 0. The molecule has 2 amide bonds. The molecule has 1 aliphatic heterocycles. The van der Waals surface area contributed by atoms with Crippen LogP contribution in [0.1, 0.15) is 41.6 Å². The number of thioether (sulfide) groups is 1. The molecule has 0 aliphatic carbocycles. The smallest absolute Gasteiger partial charge is 0.335 e. The first-order chi connectivity index (χ1) is 15.3. The molecule has 166 valence electrons. The topological polar surface area (TPSA) is 86.7 Å². The molecule has 9 heteroatoms. The van der Waals surface area contributed by atoms with Gasteiger partial charge in [0.1, 0.15) is 10.1 Å². The van der Waals surface area contributed by atoms with Gasteiger partial charge in [0.25, 0.3) is 5.91 Å². The Balaban J connectivity index is 1.40. The van der Waals surface area contributed by atoms with E-state index in [1.54, 1.807) is 35.2 Å². The molecule has 2 aromatic rings. The molecule has 2 N–H and O–H groups in total. The van der Waals surface area contributed by atoms with E-state index >= 15 is 0 Å². The number of thiocarbonyl (C=S) groups is 1. The first kappa shape index (κ1) is 23.6. The van der Waals surface area contributed by atoms with E-state index < -0.39 is 5.97 Å². The zero-order valence-corrected chi connectivity index (χ0v) is 18.7. The third-order valence-electron chi connectivity index (χ3n) is 4.74. The number of aromatic carboxylic acids is 1. The van der Waals surface area contributed by atoms with Crippen molar-refractivity contribution in [3.8, 4) is 0 Å². The van der Waals surface area contributed by atoms with Crippen LogP contribution in [0.15, 0.2) is 53.4 Å². The Morgan fingerprint density at radius 2 is 1.75 bits per heavy atom. The molecule has 32 heavy (non-hydrogen) atoms. The molecule has 0 aromatic heterocycles. The number of anilines is 1. The van der Waals surface area contributed by atoms with Crippen LogP contribution >= 0.6 is 24.0 Å². The van der Waals surface area contributed by atoms with Crippen LogP contribution in [0, 0.1) is 5.82 Å². The maximum absolute atomic E-state index is 13.0. The fraction of sp³-hybridized carbons (Fsp3) is 0.217. The lowest BCUT2D eigenvalue weighted by Gasteiger charge is -2.14. The zero-order valence-electron chi connectivity index (χ0n) is 17.0. The zero-order chi connectivity index (χ0) is 23.1. The Morgan fingerprint density at radius 3 is 2.41 bits per heavy atom. The van der Waals surface area contributed by atoms with Crippen molar-refractivity contribution < 1.29 is 23.9 Å². The largest absolute Gasteiger partial charge is 0.478 e. The van der Waals surface area contributed by atoms with Gasteiger partial charge in [-0.25, -0.2) is 9.18 Å². The number of benzene rings is 2. The lowest BCUT2D eigenvalue weighted by atomic mass is 10.1. The van der Waals surface area contributed by atoms with E-state index in [4.69, 9.17) is 17.3 Å². The van der Waals surface area contributed by atoms with Gasteiger partial charge in [0, 0.05) is 18.7 Å². The minimum atomic E-state index is -1.02. The Hall–Kier alpha value is -3.04. The van der Waals surface area contributed by atoms with Crippen molar-refractivity contribution in [3.63, 3.8) is 0 Å². The quantitative estimate of drug-likeness (QED) is 0.306. The minimum absolute atomic E-state index is 0.152. The van der Waals surface area contributed by atoms with Crippen LogP contribution in [-0.2, 0) is 9.59 Å². The summed E-state index contributed by atoms with van der Waals surface area (Å²) in [6, 6.07) is 11.9. The molecule has 1 fully saturated rings. The van der Waals surface area contributed by atoms with Gasteiger partial charge in [-0.05, 0) is 60.9 Å². The number of halogens is 1. The second kappa shape index (κ2) is 11.0. The van der Waals surface area contributed by atoms with E-state index in [0.717, 1.165) is 12.0 Å². The van der Waals surface area contributed by atoms with E-state index in [2.05, 4.69) is 5.32 Å². The monoisotopic (exact) mass is 472 g/mol. The summed E-state index contributed by atoms with van der Waals surface area (Å²) in [5.41, 5.74) is 1.44. The number of carboxylic acids is 1. The van der Waals surface area contributed by atoms with Gasteiger partial charge in [-0.2, -0.15) is 0 Å². The van der Waals surface area contributed by atoms with E-state index in [1.807, 2.05) is 0 Å². The maximum atomic E-state index is 13.0. The Bertz CT molecular complexity index is 1050.